The van der Waals surface area contributed by atoms with Crippen molar-refractivity contribution in [2.45, 2.75) is 126 Å². The Labute approximate surface area is 262 Å². The zero-order chi connectivity index (χ0) is 29.7. The zero-order valence-electron chi connectivity index (χ0n) is 25.8. The first-order chi connectivity index (χ1) is 20.7. The average molecular weight is 613 g/mol. The number of hydrogen-bond donors (Lipinski definition) is 0. The molecule has 1 fully saturated rings. The summed E-state index contributed by atoms with van der Waals surface area (Å²) in [6.45, 7) is 3.41. The van der Waals surface area contributed by atoms with E-state index < -0.39 is 0 Å². The van der Waals surface area contributed by atoms with Crippen molar-refractivity contribution in [3.8, 4) is 0 Å². The van der Waals surface area contributed by atoms with E-state index in [1.165, 1.54) is 94.0 Å². The molecule has 0 saturated carbocycles. The Morgan fingerprint density at radius 1 is 1.00 bits per heavy atom. The van der Waals surface area contributed by atoms with Crippen LogP contribution in [-0.4, -0.2) is 46.7 Å². The van der Waals surface area contributed by atoms with Gasteiger partial charge in [-0.2, -0.15) is 0 Å². The van der Waals surface area contributed by atoms with Crippen LogP contribution in [0.25, 0.3) is 0 Å². The van der Waals surface area contributed by atoms with Crippen molar-refractivity contribution in [1.29, 1.82) is 0 Å². The third-order valence-electron chi connectivity index (χ3n) is 7.89. The molecular weight excluding hydrogens is 561 g/mol. The summed E-state index contributed by atoms with van der Waals surface area (Å²) in [6.07, 6.45) is 24.4. The predicted molar refractivity (Wildman–Crippen MR) is 177 cm³/mol. The van der Waals surface area contributed by atoms with Crippen molar-refractivity contribution in [3.63, 3.8) is 0 Å². The number of carbonyl (C=O) groups excluding carboxylic acids is 2. The van der Waals surface area contributed by atoms with Crippen LogP contribution >= 0.6 is 23.1 Å². The Bertz CT molecular complexity index is 1040. The Hall–Kier alpha value is -2.12. The molecule has 1 aromatic heterocycles. The van der Waals surface area contributed by atoms with Crippen LogP contribution < -0.4 is 0 Å². The molecule has 3 rings (SSSR count). The number of thiazole rings is 1. The summed E-state index contributed by atoms with van der Waals surface area (Å²) in [7, 11) is 0. The quantitative estimate of drug-likeness (QED) is 0.0541. The monoisotopic (exact) mass is 612 g/mol. The number of carbonyl (C=O) groups is 2. The third-order valence-corrected chi connectivity index (χ3v) is 9.89. The number of likely N-dealkylation sites (tertiary alicyclic amines) is 1. The fourth-order valence-electron chi connectivity index (χ4n) is 5.39. The third kappa shape index (κ3) is 13.9. The highest BCUT2D eigenvalue weighted by Crippen LogP contribution is 2.26. The number of ether oxygens (including phenoxy) is 1. The summed E-state index contributed by atoms with van der Waals surface area (Å²) < 4.78 is 6.32. The highest BCUT2D eigenvalue weighted by atomic mass is 32.2. The van der Waals surface area contributed by atoms with Gasteiger partial charge in [0.2, 0.25) is 5.91 Å². The molecule has 1 amide bonds. The summed E-state index contributed by atoms with van der Waals surface area (Å²) in [5, 5.41) is 1.79. The van der Waals surface area contributed by atoms with E-state index in [0.29, 0.717) is 25.3 Å². The maximum Gasteiger partial charge on any atom is 0.357 e. The van der Waals surface area contributed by atoms with Gasteiger partial charge in [0.05, 0.1) is 12.6 Å². The Balaban J connectivity index is 1.19. The summed E-state index contributed by atoms with van der Waals surface area (Å²) in [6, 6.07) is 11.0. The van der Waals surface area contributed by atoms with Gasteiger partial charge in [-0.1, -0.05) is 125 Å². The number of aromatic nitrogens is 1. The minimum Gasteiger partial charge on any atom is -0.461 e. The number of hydrogen-bond acceptors (Lipinski definition) is 6. The van der Waals surface area contributed by atoms with Gasteiger partial charge in [0.1, 0.15) is 0 Å². The van der Waals surface area contributed by atoms with Gasteiger partial charge in [-0.25, -0.2) is 9.78 Å². The number of unbranched alkanes of at least 4 members (excludes halogenated alkanes) is 12. The maximum absolute atomic E-state index is 12.4. The standard InChI is InChI=1S/C35H52N2O3S2/c1-2-3-4-5-8-12-18-23-31-24-25-33(38)37(31)26-28-41-35-36-32(29-42-35)34(39)40-27-19-13-10-7-6-9-11-15-20-30-21-16-14-17-22-30/h14,16-18,21-23,29,31H,2-13,15,19-20,24-28H2,1H3/b23-18+/t31-/m0/s1. The smallest absolute Gasteiger partial charge is 0.357 e. The van der Waals surface area contributed by atoms with E-state index in [1.54, 1.807) is 17.1 Å². The lowest BCUT2D eigenvalue weighted by Gasteiger charge is -2.22. The van der Waals surface area contributed by atoms with Crippen molar-refractivity contribution in [2.24, 2.45) is 0 Å². The highest BCUT2D eigenvalue weighted by molar-refractivity contribution is 8.01. The van der Waals surface area contributed by atoms with Crippen LogP contribution in [-0.2, 0) is 16.0 Å². The molecule has 2 heterocycles. The van der Waals surface area contributed by atoms with Crippen LogP contribution in [0.5, 0.6) is 0 Å². The van der Waals surface area contributed by atoms with E-state index in [9.17, 15) is 9.59 Å². The van der Waals surface area contributed by atoms with Crippen molar-refractivity contribution in [2.75, 3.05) is 18.9 Å². The molecule has 1 aliphatic heterocycles. The van der Waals surface area contributed by atoms with Crippen molar-refractivity contribution < 1.29 is 14.3 Å². The highest BCUT2D eigenvalue weighted by Gasteiger charge is 2.28. The molecule has 1 saturated heterocycles. The Morgan fingerprint density at radius 2 is 1.71 bits per heavy atom. The molecular formula is C35H52N2O3S2. The average Bonchev–Trinajstić information content (AvgIpc) is 3.62. The summed E-state index contributed by atoms with van der Waals surface area (Å²) in [4.78, 5) is 31.3. The van der Waals surface area contributed by atoms with E-state index in [0.717, 1.165) is 35.8 Å². The van der Waals surface area contributed by atoms with Crippen molar-refractivity contribution in [3.05, 3.63) is 59.1 Å². The fourth-order valence-corrected chi connectivity index (χ4v) is 7.19. The van der Waals surface area contributed by atoms with Gasteiger partial charge in [0.15, 0.2) is 10.0 Å². The largest absolute Gasteiger partial charge is 0.461 e. The van der Waals surface area contributed by atoms with E-state index in [1.807, 2.05) is 4.90 Å². The van der Waals surface area contributed by atoms with Crippen molar-refractivity contribution >= 4 is 35.0 Å². The second-order valence-corrected chi connectivity index (χ2v) is 13.6. The molecule has 1 aromatic carbocycles. The predicted octanol–water partition coefficient (Wildman–Crippen LogP) is 9.66. The summed E-state index contributed by atoms with van der Waals surface area (Å²) >= 11 is 3.09. The van der Waals surface area contributed by atoms with Crippen molar-refractivity contribution in [1.82, 2.24) is 9.88 Å². The Morgan fingerprint density at radius 3 is 2.50 bits per heavy atom. The van der Waals surface area contributed by atoms with Gasteiger partial charge in [-0.05, 0) is 44.1 Å². The lowest BCUT2D eigenvalue weighted by Crippen LogP contribution is -2.33. The number of esters is 1. The van der Waals surface area contributed by atoms with Crippen LogP contribution in [0.4, 0.5) is 0 Å². The van der Waals surface area contributed by atoms with Gasteiger partial charge in [0, 0.05) is 24.1 Å². The lowest BCUT2D eigenvalue weighted by atomic mass is 10.0. The number of aryl methyl sites for hydroxylation is 1. The molecule has 0 spiro atoms. The first kappa shape index (κ1) is 34.4. The molecule has 0 radical (unpaired) electrons. The van der Waals surface area contributed by atoms with Crippen LogP contribution in [0.2, 0.25) is 0 Å². The van der Waals surface area contributed by atoms with Gasteiger partial charge in [0.25, 0.3) is 0 Å². The maximum atomic E-state index is 12.4. The van der Waals surface area contributed by atoms with Crippen LogP contribution in [0.1, 0.15) is 126 Å². The topological polar surface area (TPSA) is 59.5 Å². The number of nitrogens with zero attached hydrogens (tertiary/aromatic N) is 2. The van der Waals surface area contributed by atoms with Crippen LogP contribution in [0, 0.1) is 0 Å². The molecule has 1 aliphatic rings. The van der Waals surface area contributed by atoms with Crippen LogP contribution in [0.3, 0.4) is 0 Å². The van der Waals surface area contributed by atoms with Gasteiger partial charge in [-0.3, -0.25) is 4.79 Å². The van der Waals surface area contributed by atoms with E-state index in [-0.39, 0.29) is 17.9 Å². The van der Waals surface area contributed by atoms with E-state index in [2.05, 4.69) is 54.4 Å². The summed E-state index contributed by atoms with van der Waals surface area (Å²) in [5.41, 5.74) is 1.84. The number of amides is 1. The summed E-state index contributed by atoms with van der Waals surface area (Å²) in [5.74, 6) is 0.698. The number of allylic oxidation sites excluding steroid dienone is 1. The number of benzene rings is 1. The zero-order valence-corrected chi connectivity index (χ0v) is 27.4. The van der Waals surface area contributed by atoms with E-state index in [4.69, 9.17) is 4.74 Å². The second kappa shape index (κ2) is 21.6. The lowest BCUT2D eigenvalue weighted by molar-refractivity contribution is -0.128. The molecule has 232 valence electrons. The molecule has 2 aromatic rings. The number of rotatable bonds is 23. The Kier molecular flexibility index (Phi) is 17.6. The SMILES string of the molecule is CCCCCCC/C=C/[C@H]1CCC(=O)N1CCSc1nc(C(=O)OCCCCCCCCCCc2ccccc2)cs1. The first-order valence-corrected chi connectivity index (χ1v) is 18.3. The number of thioether (sulfide) groups is 1. The minimum absolute atomic E-state index is 0.223. The van der Waals surface area contributed by atoms with Crippen LogP contribution in [0.15, 0.2) is 52.2 Å². The van der Waals surface area contributed by atoms with Gasteiger partial charge in [-0.15, -0.1) is 11.3 Å². The normalized spacial score (nSPS) is 15.2. The first-order valence-electron chi connectivity index (χ1n) is 16.4. The molecule has 42 heavy (non-hydrogen) atoms. The molecule has 0 bridgehead atoms. The fraction of sp³-hybridized carbons (Fsp3) is 0.629. The van der Waals surface area contributed by atoms with Gasteiger partial charge < -0.3 is 9.64 Å². The second-order valence-electron chi connectivity index (χ2n) is 11.4. The van der Waals surface area contributed by atoms with Gasteiger partial charge >= 0.3 is 5.97 Å². The molecule has 5 nitrogen and oxygen atoms in total. The van der Waals surface area contributed by atoms with E-state index >= 15 is 0 Å². The molecule has 1 atom stereocenters. The molecule has 7 heteroatoms. The molecule has 0 N–H and O–H groups in total. The molecule has 0 aliphatic carbocycles. The molecule has 0 unspecified atom stereocenters. The minimum atomic E-state index is -0.328.